The minimum Gasteiger partial charge on any atom is -0.506 e. The molecular formula is C21H28N3O3+. The highest BCUT2D eigenvalue weighted by Crippen LogP contribution is 2.25. The van der Waals surface area contributed by atoms with Crippen molar-refractivity contribution in [2.24, 2.45) is 0 Å². The fourth-order valence-electron chi connectivity index (χ4n) is 3.33. The Hall–Kier alpha value is -2.73. The van der Waals surface area contributed by atoms with Crippen molar-refractivity contribution in [1.82, 2.24) is 5.32 Å². The molecule has 0 radical (unpaired) electrons. The minimum atomic E-state index is 0.0499. The average molecular weight is 370 g/mol. The van der Waals surface area contributed by atoms with Gasteiger partial charge in [-0.3, -0.25) is 4.79 Å². The number of para-hydroxylation sites is 2. The standard InChI is InChI=1S/C21H27N3O3/c1-17-5-4-6-18(15-17)27-14-9-22-21(26)16-23-10-12-24(13-11-23)19-7-2-3-8-20(19)25/h2-8,15,25H,9-14,16H2,1H3,(H,22,26)/p+1. The lowest BCUT2D eigenvalue weighted by Gasteiger charge is -2.33. The number of carbonyl (C=O) groups is 1. The van der Waals surface area contributed by atoms with E-state index in [-0.39, 0.29) is 5.91 Å². The molecule has 0 unspecified atom stereocenters. The van der Waals surface area contributed by atoms with Gasteiger partial charge in [0.1, 0.15) is 18.1 Å². The normalized spacial score (nSPS) is 14.8. The lowest BCUT2D eigenvalue weighted by atomic mass is 10.2. The van der Waals surface area contributed by atoms with Crippen molar-refractivity contribution in [2.75, 3.05) is 50.8 Å². The highest BCUT2D eigenvalue weighted by atomic mass is 16.5. The first kappa shape index (κ1) is 19.0. The molecule has 1 fully saturated rings. The third kappa shape index (κ3) is 5.62. The van der Waals surface area contributed by atoms with Gasteiger partial charge in [-0.25, -0.2) is 0 Å². The van der Waals surface area contributed by atoms with Crippen LogP contribution in [0.15, 0.2) is 48.5 Å². The summed E-state index contributed by atoms with van der Waals surface area (Å²) in [6.07, 6.45) is 0. The highest BCUT2D eigenvalue weighted by Gasteiger charge is 2.23. The maximum atomic E-state index is 12.1. The van der Waals surface area contributed by atoms with Gasteiger partial charge in [0.05, 0.1) is 38.4 Å². The second-order valence-electron chi connectivity index (χ2n) is 6.92. The largest absolute Gasteiger partial charge is 0.506 e. The number of rotatable bonds is 7. The number of carbonyl (C=O) groups excluding carboxylic acids is 1. The molecule has 0 aliphatic carbocycles. The summed E-state index contributed by atoms with van der Waals surface area (Å²) in [7, 11) is 0. The first-order valence-electron chi connectivity index (χ1n) is 9.44. The van der Waals surface area contributed by atoms with E-state index >= 15 is 0 Å². The molecule has 3 N–H and O–H groups in total. The summed E-state index contributed by atoms with van der Waals surface area (Å²) in [5.74, 6) is 1.19. The van der Waals surface area contributed by atoms with Crippen molar-refractivity contribution in [3.05, 3.63) is 54.1 Å². The molecule has 144 valence electrons. The third-order valence-electron chi connectivity index (χ3n) is 4.79. The number of aromatic hydroxyl groups is 1. The molecule has 6 heteroatoms. The van der Waals surface area contributed by atoms with E-state index < -0.39 is 0 Å². The summed E-state index contributed by atoms with van der Waals surface area (Å²) in [4.78, 5) is 15.6. The number of quaternary nitrogens is 1. The number of phenolic OH excluding ortho intramolecular Hbond substituents is 1. The van der Waals surface area contributed by atoms with Gasteiger partial charge in [-0.1, -0.05) is 24.3 Å². The van der Waals surface area contributed by atoms with Gasteiger partial charge in [0.2, 0.25) is 0 Å². The SMILES string of the molecule is Cc1cccc(OCCNC(=O)C[NH+]2CCN(c3ccccc3O)CC2)c1. The van der Waals surface area contributed by atoms with Gasteiger partial charge in [0.25, 0.3) is 5.91 Å². The van der Waals surface area contributed by atoms with Gasteiger partial charge < -0.3 is 25.0 Å². The topological polar surface area (TPSA) is 66.2 Å². The molecule has 0 saturated carbocycles. The van der Waals surface area contributed by atoms with Gasteiger partial charge in [-0.2, -0.15) is 0 Å². The number of hydrogen-bond donors (Lipinski definition) is 3. The van der Waals surface area contributed by atoms with E-state index in [9.17, 15) is 9.90 Å². The second-order valence-corrected chi connectivity index (χ2v) is 6.92. The molecule has 6 nitrogen and oxygen atoms in total. The van der Waals surface area contributed by atoms with Gasteiger partial charge in [-0.05, 0) is 36.8 Å². The van der Waals surface area contributed by atoms with E-state index in [1.54, 1.807) is 6.07 Å². The Bertz CT molecular complexity index is 758. The Morgan fingerprint density at radius 1 is 1.19 bits per heavy atom. The maximum absolute atomic E-state index is 12.1. The third-order valence-corrected chi connectivity index (χ3v) is 4.79. The molecule has 1 heterocycles. The Kier molecular flexibility index (Phi) is 6.54. The van der Waals surface area contributed by atoms with Crippen molar-refractivity contribution >= 4 is 11.6 Å². The Labute approximate surface area is 160 Å². The van der Waals surface area contributed by atoms with Crippen LogP contribution < -0.4 is 19.9 Å². The summed E-state index contributed by atoms with van der Waals surface area (Å²) in [6.45, 7) is 6.88. The van der Waals surface area contributed by atoms with Crippen molar-refractivity contribution in [1.29, 1.82) is 0 Å². The molecule has 27 heavy (non-hydrogen) atoms. The quantitative estimate of drug-likeness (QED) is 0.625. The highest BCUT2D eigenvalue weighted by molar-refractivity contribution is 5.76. The average Bonchev–Trinajstić information content (AvgIpc) is 2.67. The Morgan fingerprint density at radius 2 is 1.96 bits per heavy atom. The number of nitrogens with zero attached hydrogens (tertiary/aromatic N) is 1. The molecule has 1 aliphatic rings. The molecule has 1 saturated heterocycles. The molecule has 1 aliphatic heterocycles. The van der Waals surface area contributed by atoms with Crippen molar-refractivity contribution < 1.29 is 19.5 Å². The van der Waals surface area contributed by atoms with Crippen LogP contribution in [-0.2, 0) is 4.79 Å². The predicted octanol–water partition coefficient (Wildman–Crippen LogP) is 0.601. The zero-order valence-corrected chi connectivity index (χ0v) is 15.8. The molecule has 1 amide bonds. The summed E-state index contributed by atoms with van der Waals surface area (Å²) in [5.41, 5.74) is 2.03. The number of ether oxygens (including phenoxy) is 1. The lowest BCUT2D eigenvalue weighted by molar-refractivity contribution is -0.892. The van der Waals surface area contributed by atoms with Crippen molar-refractivity contribution in [3.63, 3.8) is 0 Å². The smallest absolute Gasteiger partial charge is 0.275 e. The van der Waals surface area contributed by atoms with Gasteiger partial charge >= 0.3 is 0 Å². The van der Waals surface area contributed by atoms with Crippen LogP contribution in [0.3, 0.4) is 0 Å². The second kappa shape index (κ2) is 9.28. The van der Waals surface area contributed by atoms with Crippen LogP contribution in [0, 0.1) is 6.92 Å². The first-order valence-corrected chi connectivity index (χ1v) is 9.44. The van der Waals surface area contributed by atoms with Gasteiger partial charge in [-0.15, -0.1) is 0 Å². The maximum Gasteiger partial charge on any atom is 0.275 e. The van der Waals surface area contributed by atoms with Crippen LogP contribution >= 0.6 is 0 Å². The molecule has 0 atom stereocenters. The monoisotopic (exact) mass is 370 g/mol. The molecular weight excluding hydrogens is 342 g/mol. The van der Waals surface area contributed by atoms with Crippen molar-refractivity contribution in [2.45, 2.75) is 6.92 Å². The zero-order valence-electron chi connectivity index (χ0n) is 15.8. The summed E-state index contributed by atoms with van der Waals surface area (Å²) >= 11 is 0. The number of piperazine rings is 1. The van der Waals surface area contributed by atoms with E-state index in [4.69, 9.17) is 4.74 Å². The van der Waals surface area contributed by atoms with Crippen LogP contribution in [0.25, 0.3) is 0 Å². The van der Waals surface area contributed by atoms with Gasteiger partial charge in [0, 0.05) is 0 Å². The first-order chi connectivity index (χ1) is 13.1. The van der Waals surface area contributed by atoms with Crippen LogP contribution in [-0.4, -0.2) is 56.9 Å². The van der Waals surface area contributed by atoms with Crippen LogP contribution in [0.1, 0.15) is 5.56 Å². The number of benzene rings is 2. The molecule has 0 aromatic heterocycles. The molecule has 3 rings (SSSR count). The van der Waals surface area contributed by atoms with E-state index in [1.807, 2.05) is 49.4 Å². The predicted molar refractivity (Wildman–Crippen MR) is 106 cm³/mol. The molecule has 0 spiro atoms. The summed E-state index contributed by atoms with van der Waals surface area (Å²) in [6, 6.07) is 15.3. The number of phenols is 1. The number of hydrogen-bond acceptors (Lipinski definition) is 4. The molecule has 0 bridgehead atoms. The summed E-state index contributed by atoms with van der Waals surface area (Å²) in [5, 5.41) is 12.9. The van der Waals surface area contributed by atoms with Crippen molar-refractivity contribution in [3.8, 4) is 11.5 Å². The molecule has 2 aromatic carbocycles. The van der Waals surface area contributed by atoms with Crippen LogP contribution in [0.5, 0.6) is 11.5 Å². The van der Waals surface area contributed by atoms with E-state index in [2.05, 4.69) is 10.2 Å². The van der Waals surface area contributed by atoms with Crippen LogP contribution in [0.4, 0.5) is 5.69 Å². The number of anilines is 1. The van der Waals surface area contributed by atoms with E-state index in [0.29, 0.717) is 25.4 Å². The van der Waals surface area contributed by atoms with Gasteiger partial charge in [0.15, 0.2) is 6.54 Å². The Balaban J connectivity index is 1.34. The lowest BCUT2D eigenvalue weighted by Crippen LogP contribution is -3.16. The van der Waals surface area contributed by atoms with E-state index in [0.717, 1.165) is 43.2 Å². The fraction of sp³-hybridized carbons (Fsp3) is 0.381. The van der Waals surface area contributed by atoms with E-state index in [1.165, 1.54) is 4.90 Å². The summed E-state index contributed by atoms with van der Waals surface area (Å²) < 4.78 is 5.65. The zero-order chi connectivity index (χ0) is 19.1. The Morgan fingerprint density at radius 3 is 2.70 bits per heavy atom. The number of aryl methyl sites for hydroxylation is 1. The van der Waals surface area contributed by atoms with Crippen LogP contribution in [0.2, 0.25) is 0 Å². The fourth-order valence-corrected chi connectivity index (χ4v) is 3.33. The number of amides is 1. The minimum absolute atomic E-state index is 0.0499. The molecule has 2 aromatic rings. The number of nitrogens with one attached hydrogen (secondary N) is 2.